The van der Waals surface area contributed by atoms with Crippen molar-refractivity contribution in [3.63, 3.8) is 0 Å². The van der Waals surface area contributed by atoms with Crippen molar-refractivity contribution in [2.45, 2.75) is 12.4 Å². The van der Waals surface area contributed by atoms with Gasteiger partial charge in [0.05, 0.1) is 6.20 Å². The summed E-state index contributed by atoms with van der Waals surface area (Å²) in [6, 6.07) is 1.28. The highest BCUT2D eigenvalue weighted by atomic mass is 19.4. The van der Waals surface area contributed by atoms with Gasteiger partial charge in [0.15, 0.2) is 0 Å². The third-order valence-corrected chi connectivity index (χ3v) is 1.13. The molecule has 0 atom stereocenters. The molecule has 0 aliphatic heterocycles. The molecule has 0 saturated carbocycles. The van der Waals surface area contributed by atoms with Gasteiger partial charge < -0.3 is 19.8 Å². The zero-order chi connectivity index (χ0) is 18.1. The first kappa shape index (κ1) is 21.5. The van der Waals surface area contributed by atoms with Crippen molar-refractivity contribution in [1.82, 2.24) is 5.16 Å². The molecule has 126 valence electrons. The van der Waals surface area contributed by atoms with Crippen molar-refractivity contribution < 1.29 is 60.6 Å². The Morgan fingerprint density at radius 1 is 0.909 bits per heavy atom. The quantitative estimate of drug-likeness (QED) is 0.655. The highest BCUT2D eigenvalue weighted by Gasteiger charge is 2.38. The summed E-state index contributed by atoms with van der Waals surface area (Å²) in [5, 5.41) is 25.6. The lowest BCUT2D eigenvalue weighted by molar-refractivity contribution is -0.193. The van der Waals surface area contributed by atoms with Crippen molar-refractivity contribution in [3.05, 3.63) is 18.0 Å². The smallest absolute Gasteiger partial charge is 0.475 e. The number of halogens is 6. The monoisotopic (exact) mass is 341 g/mol. The van der Waals surface area contributed by atoms with Crippen LogP contribution >= 0.6 is 0 Å². The van der Waals surface area contributed by atoms with E-state index in [1.54, 1.807) is 0 Å². The molecule has 22 heavy (non-hydrogen) atoms. The molecule has 1 rings (SSSR count). The largest absolute Gasteiger partial charge is 0.490 e. The zero-order valence-electron chi connectivity index (χ0n) is 9.84. The number of carboxylic acids is 3. The van der Waals surface area contributed by atoms with Crippen LogP contribution in [0.4, 0.5) is 26.3 Å². The molecular formula is C8H5F6NO7. The number of nitrogens with zero attached hydrogens (tertiary/aromatic N) is 1. The molecule has 0 fully saturated rings. The van der Waals surface area contributed by atoms with Gasteiger partial charge in [-0.25, -0.2) is 14.4 Å². The van der Waals surface area contributed by atoms with E-state index in [9.17, 15) is 31.1 Å². The summed E-state index contributed by atoms with van der Waals surface area (Å²) in [5.74, 6) is -6.74. The van der Waals surface area contributed by atoms with Crippen LogP contribution in [0, 0.1) is 0 Å². The van der Waals surface area contributed by atoms with Gasteiger partial charge in [-0.05, 0) is 0 Å². The van der Waals surface area contributed by atoms with E-state index in [1.807, 2.05) is 0 Å². The predicted octanol–water partition coefficient (Wildman–Crippen LogP) is 1.64. The highest BCUT2D eigenvalue weighted by molar-refractivity contribution is 5.83. The standard InChI is InChI=1S/C4H3NO3.2C2HF3O2/c6-4(7)3-1-2-5-8-3;2*3-2(4,5)1(6)7/h1-2H,(H,6,7);2*(H,6,7). The number of rotatable bonds is 1. The van der Waals surface area contributed by atoms with Crippen LogP contribution in [0.3, 0.4) is 0 Å². The van der Waals surface area contributed by atoms with Crippen molar-refractivity contribution >= 4 is 17.9 Å². The third kappa shape index (κ3) is 11.1. The Kier molecular flexibility index (Phi) is 8.28. The van der Waals surface area contributed by atoms with Crippen LogP contribution < -0.4 is 0 Å². The van der Waals surface area contributed by atoms with E-state index in [1.165, 1.54) is 12.3 Å². The Morgan fingerprint density at radius 3 is 1.32 bits per heavy atom. The van der Waals surface area contributed by atoms with Crippen LogP contribution in [0.1, 0.15) is 10.6 Å². The van der Waals surface area contributed by atoms with E-state index in [2.05, 4.69) is 9.68 Å². The minimum Gasteiger partial charge on any atom is -0.475 e. The molecule has 14 heteroatoms. The minimum absolute atomic E-state index is 0.134. The van der Waals surface area contributed by atoms with E-state index in [4.69, 9.17) is 24.9 Å². The molecule has 0 saturated heterocycles. The Balaban J connectivity index is 0. The van der Waals surface area contributed by atoms with Gasteiger partial charge in [-0.3, -0.25) is 0 Å². The Morgan fingerprint density at radius 2 is 1.23 bits per heavy atom. The van der Waals surface area contributed by atoms with Gasteiger partial charge in [0.2, 0.25) is 5.76 Å². The second-order valence-electron chi connectivity index (χ2n) is 2.79. The number of aromatic carboxylic acids is 1. The molecular weight excluding hydrogens is 336 g/mol. The number of hydrogen-bond acceptors (Lipinski definition) is 5. The summed E-state index contributed by atoms with van der Waals surface area (Å²) in [4.78, 5) is 27.7. The summed E-state index contributed by atoms with van der Waals surface area (Å²) in [7, 11) is 0. The van der Waals surface area contributed by atoms with Gasteiger partial charge in [-0.15, -0.1) is 0 Å². The average Bonchev–Trinajstić information content (AvgIpc) is 2.81. The van der Waals surface area contributed by atoms with Crippen LogP contribution in [0.5, 0.6) is 0 Å². The average molecular weight is 341 g/mol. The van der Waals surface area contributed by atoms with Crippen LogP contribution in [0.25, 0.3) is 0 Å². The van der Waals surface area contributed by atoms with Gasteiger partial charge in [0.1, 0.15) is 0 Å². The first-order chi connectivity index (χ1) is 9.69. The van der Waals surface area contributed by atoms with E-state index < -0.39 is 30.3 Å². The normalized spacial score (nSPS) is 10.5. The molecule has 3 N–H and O–H groups in total. The maximum Gasteiger partial charge on any atom is 0.490 e. The van der Waals surface area contributed by atoms with E-state index in [-0.39, 0.29) is 5.76 Å². The van der Waals surface area contributed by atoms with E-state index in [0.717, 1.165) is 0 Å². The summed E-state index contributed by atoms with van der Waals surface area (Å²) < 4.78 is 67.7. The molecule has 0 amide bonds. The van der Waals surface area contributed by atoms with Crippen molar-refractivity contribution in [1.29, 1.82) is 0 Å². The molecule has 0 spiro atoms. The number of hydrogen-bond donors (Lipinski definition) is 3. The van der Waals surface area contributed by atoms with E-state index in [0.29, 0.717) is 0 Å². The molecule has 1 aromatic heterocycles. The second kappa shape index (κ2) is 8.48. The lowest BCUT2D eigenvalue weighted by Gasteiger charge is -1.93. The molecule has 1 aromatic rings. The predicted molar refractivity (Wildman–Crippen MR) is 50.8 cm³/mol. The summed E-state index contributed by atoms with van der Waals surface area (Å²) in [6.07, 6.45) is -8.89. The van der Waals surface area contributed by atoms with Crippen molar-refractivity contribution in [3.8, 4) is 0 Å². The van der Waals surface area contributed by atoms with Crippen LogP contribution in [0.2, 0.25) is 0 Å². The van der Waals surface area contributed by atoms with Crippen LogP contribution in [0.15, 0.2) is 16.8 Å². The first-order valence-corrected chi connectivity index (χ1v) is 4.43. The van der Waals surface area contributed by atoms with Crippen LogP contribution in [-0.2, 0) is 9.59 Å². The first-order valence-electron chi connectivity index (χ1n) is 4.43. The lowest BCUT2D eigenvalue weighted by atomic mass is 10.5. The summed E-state index contributed by atoms with van der Waals surface area (Å²) >= 11 is 0. The molecule has 0 radical (unpaired) electrons. The number of aliphatic carboxylic acids is 2. The fourth-order valence-corrected chi connectivity index (χ4v) is 0.326. The molecule has 0 aromatic carbocycles. The van der Waals surface area contributed by atoms with Gasteiger partial charge in [-0.2, -0.15) is 26.3 Å². The van der Waals surface area contributed by atoms with Gasteiger partial charge >= 0.3 is 30.3 Å². The summed E-state index contributed by atoms with van der Waals surface area (Å²) in [6.45, 7) is 0. The second-order valence-corrected chi connectivity index (χ2v) is 2.79. The maximum absolute atomic E-state index is 10.6. The molecule has 0 unspecified atom stereocenters. The van der Waals surface area contributed by atoms with E-state index >= 15 is 0 Å². The lowest BCUT2D eigenvalue weighted by Crippen LogP contribution is -2.21. The van der Waals surface area contributed by atoms with Crippen molar-refractivity contribution in [2.24, 2.45) is 0 Å². The molecule has 0 bridgehead atoms. The molecule has 1 heterocycles. The Labute approximate surface area is 115 Å². The third-order valence-electron chi connectivity index (χ3n) is 1.13. The van der Waals surface area contributed by atoms with Gasteiger partial charge in [0, 0.05) is 6.07 Å². The molecule has 0 aliphatic carbocycles. The Hall–Kier alpha value is -2.80. The molecule has 8 nitrogen and oxygen atoms in total. The molecule has 0 aliphatic rings. The fourth-order valence-electron chi connectivity index (χ4n) is 0.326. The van der Waals surface area contributed by atoms with Gasteiger partial charge in [0.25, 0.3) is 0 Å². The zero-order valence-corrected chi connectivity index (χ0v) is 9.84. The summed E-state index contributed by atoms with van der Waals surface area (Å²) in [5.41, 5.74) is 0. The minimum atomic E-state index is -5.08. The number of alkyl halides is 6. The van der Waals surface area contributed by atoms with Crippen LogP contribution in [-0.4, -0.2) is 50.7 Å². The number of aromatic nitrogens is 1. The van der Waals surface area contributed by atoms with Gasteiger partial charge in [-0.1, -0.05) is 5.16 Å². The topological polar surface area (TPSA) is 138 Å². The number of carboxylic acid groups (broad SMARTS) is 3. The Bertz CT molecular complexity index is 468. The maximum atomic E-state index is 10.6. The fraction of sp³-hybridized carbons (Fsp3) is 0.250. The number of carbonyl (C=O) groups is 3. The van der Waals surface area contributed by atoms with Crippen molar-refractivity contribution in [2.75, 3.05) is 0 Å². The SMILES string of the molecule is O=C(O)C(F)(F)F.O=C(O)C(F)(F)F.O=C(O)c1ccno1. The highest BCUT2D eigenvalue weighted by Crippen LogP contribution is 2.13.